The molecular formula is C22H32. The SMILES string of the molecule is CCCc1c(C)c(CCC)c2ccc(C(C)(C)C)cc2c1C. The summed E-state index contributed by atoms with van der Waals surface area (Å²) in [5.41, 5.74) is 7.85. The zero-order valence-electron chi connectivity index (χ0n) is 15.6. The van der Waals surface area contributed by atoms with E-state index in [9.17, 15) is 0 Å². The van der Waals surface area contributed by atoms with Crippen molar-refractivity contribution >= 4 is 10.8 Å². The fourth-order valence-corrected chi connectivity index (χ4v) is 3.61. The Labute approximate surface area is 136 Å². The van der Waals surface area contributed by atoms with E-state index < -0.39 is 0 Å². The molecule has 22 heavy (non-hydrogen) atoms. The number of benzene rings is 2. The van der Waals surface area contributed by atoms with Crippen LogP contribution in [-0.2, 0) is 18.3 Å². The van der Waals surface area contributed by atoms with E-state index in [1.54, 1.807) is 11.1 Å². The van der Waals surface area contributed by atoms with Crippen LogP contribution in [0, 0.1) is 13.8 Å². The molecule has 0 aromatic heterocycles. The van der Waals surface area contributed by atoms with Crippen molar-refractivity contribution in [2.24, 2.45) is 0 Å². The second-order valence-corrected chi connectivity index (χ2v) is 7.72. The van der Waals surface area contributed by atoms with Gasteiger partial charge in [-0.25, -0.2) is 0 Å². The van der Waals surface area contributed by atoms with Gasteiger partial charge in [-0.2, -0.15) is 0 Å². The maximum absolute atomic E-state index is 2.45. The molecule has 0 heteroatoms. The molecule has 0 amide bonds. The Balaban J connectivity index is 2.82. The van der Waals surface area contributed by atoms with Crippen LogP contribution in [0.2, 0.25) is 0 Å². The fourth-order valence-electron chi connectivity index (χ4n) is 3.61. The van der Waals surface area contributed by atoms with Gasteiger partial charge in [0.2, 0.25) is 0 Å². The molecule has 0 saturated carbocycles. The summed E-state index contributed by atoms with van der Waals surface area (Å²) >= 11 is 0. The molecule has 0 aliphatic rings. The predicted molar refractivity (Wildman–Crippen MR) is 100 cm³/mol. The molecule has 2 rings (SSSR count). The van der Waals surface area contributed by atoms with Gasteiger partial charge in [-0.1, -0.05) is 65.7 Å². The Morgan fingerprint density at radius 2 is 1.36 bits per heavy atom. The third-order valence-electron chi connectivity index (χ3n) is 4.97. The Bertz CT molecular complexity index is 669. The maximum atomic E-state index is 2.45. The van der Waals surface area contributed by atoms with Crippen molar-refractivity contribution in [2.45, 2.75) is 79.6 Å². The minimum Gasteiger partial charge on any atom is -0.0651 e. The summed E-state index contributed by atoms with van der Waals surface area (Å²) in [6, 6.07) is 7.15. The third-order valence-corrected chi connectivity index (χ3v) is 4.97. The molecule has 0 N–H and O–H groups in total. The van der Waals surface area contributed by atoms with Gasteiger partial charge >= 0.3 is 0 Å². The van der Waals surface area contributed by atoms with Crippen LogP contribution in [-0.4, -0.2) is 0 Å². The monoisotopic (exact) mass is 296 g/mol. The van der Waals surface area contributed by atoms with Crippen molar-refractivity contribution in [3.8, 4) is 0 Å². The number of rotatable bonds is 4. The summed E-state index contributed by atoms with van der Waals surface area (Å²) in [6.07, 6.45) is 4.82. The summed E-state index contributed by atoms with van der Waals surface area (Å²) in [4.78, 5) is 0. The van der Waals surface area contributed by atoms with Crippen molar-refractivity contribution in [1.29, 1.82) is 0 Å². The van der Waals surface area contributed by atoms with Gasteiger partial charge in [0.25, 0.3) is 0 Å². The van der Waals surface area contributed by atoms with Gasteiger partial charge in [-0.3, -0.25) is 0 Å². The molecule has 0 radical (unpaired) electrons. The van der Waals surface area contributed by atoms with Gasteiger partial charge < -0.3 is 0 Å². The Kier molecular flexibility index (Phi) is 5.00. The summed E-state index contributed by atoms with van der Waals surface area (Å²) in [6.45, 7) is 16.1. The lowest BCUT2D eigenvalue weighted by atomic mass is 9.82. The number of hydrogen-bond donors (Lipinski definition) is 0. The van der Waals surface area contributed by atoms with Crippen LogP contribution in [0.5, 0.6) is 0 Å². The summed E-state index contributed by atoms with van der Waals surface area (Å²) in [5, 5.41) is 2.95. The minimum absolute atomic E-state index is 0.210. The van der Waals surface area contributed by atoms with Crippen LogP contribution in [0.3, 0.4) is 0 Å². The normalized spacial score (nSPS) is 12.1. The summed E-state index contributed by atoms with van der Waals surface area (Å²) in [7, 11) is 0. The quantitative estimate of drug-likeness (QED) is 0.592. The van der Waals surface area contributed by atoms with Crippen molar-refractivity contribution in [3.63, 3.8) is 0 Å². The first kappa shape index (κ1) is 17.1. The van der Waals surface area contributed by atoms with Crippen molar-refractivity contribution < 1.29 is 0 Å². The molecule has 0 atom stereocenters. The fraction of sp³-hybridized carbons (Fsp3) is 0.545. The van der Waals surface area contributed by atoms with Crippen LogP contribution in [0.25, 0.3) is 10.8 Å². The van der Waals surface area contributed by atoms with Crippen LogP contribution < -0.4 is 0 Å². The number of hydrogen-bond acceptors (Lipinski definition) is 0. The average molecular weight is 296 g/mol. The van der Waals surface area contributed by atoms with Crippen LogP contribution in [0.1, 0.15) is 75.3 Å². The first-order chi connectivity index (χ1) is 10.3. The third kappa shape index (κ3) is 3.07. The lowest BCUT2D eigenvalue weighted by Crippen LogP contribution is -2.11. The number of fused-ring (bicyclic) bond motifs is 1. The van der Waals surface area contributed by atoms with E-state index in [1.165, 1.54) is 53.1 Å². The van der Waals surface area contributed by atoms with Crippen molar-refractivity contribution in [2.75, 3.05) is 0 Å². The van der Waals surface area contributed by atoms with E-state index in [1.807, 2.05) is 0 Å². The highest BCUT2D eigenvalue weighted by Crippen LogP contribution is 2.34. The second-order valence-electron chi connectivity index (χ2n) is 7.72. The van der Waals surface area contributed by atoms with Gasteiger partial charge in [0.1, 0.15) is 0 Å². The first-order valence-electron chi connectivity index (χ1n) is 8.86. The topological polar surface area (TPSA) is 0 Å². The summed E-state index contributed by atoms with van der Waals surface area (Å²) < 4.78 is 0. The van der Waals surface area contributed by atoms with E-state index in [0.29, 0.717) is 0 Å². The molecule has 0 aliphatic heterocycles. The number of aryl methyl sites for hydroxylation is 2. The van der Waals surface area contributed by atoms with Gasteiger partial charge in [-0.05, 0) is 70.7 Å². The molecule has 120 valence electrons. The zero-order valence-corrected chi connectivity index (χ0v) is 15.6. The molecular weight excluding hydrogens is 264 g/mol. The Hall–Kier alpha value is -1.30. The lowest BCUT2D eigenvalue weighted by molar-refractivity contribution is 0.591. The Morgan fingerprint density at radius 3 is 1.91 bits per heavy atom. The van der Waals surface area contributed by atoms with Crippen molar-refractivity contribution in [1.82, 2.24) is 0 Å². The van der Waals surface area contributed by atoms with Gasteiger partial charge in [0.05, 0.1) is 0 Å². The maximum Gasteiger partial charge on any atom is -0.0132 e. The van der Waals surface area contributed by atoms with E-state index in [-0.39, 0.29) is 5.41 Å². The average Bonchev–Trinajstić information content (AvgIpc) is 2.46. The van der Waals surface area contributed by atoms with Gasteiger partial charge in [0.15, 0.2) is 0 Å². The molecule has 0 nitrogen and oxygen atoms in total. The van der Waals surface area contributed by atoms with E-state index in [4.69, 9.17) is 0 Å². The second kappa shape index (κ2) is 6.44. The Morgan fingerprint density at radius 1 is 0.773 bits per heavy atom. The highest BCUT2D eigenvalue weighted by molar-refractivity contribution is 5.91. The first-order valence-corrected chi connectivity index (χ1v) is 8.86. The molecule has 0 unspecified atom stereocenters. The molecule has 2 aromatic rings. The molecule has 0 heterocycles. The smallest absolute Gasteiger partial charge is 0.0132 e. The molecule has 0 saturated heterocycles. The van der Waals surface area contributed by atoms with E-state index >= 15 is 0 Å². The van der Waals surface area contributed by atoms with Gasteiger partial charge in [0, 0.05) is 0 Å². The van der Waals surface area contributed by atoms with E-state index in [2.05, 4.69) is 66.7 Å². The molecule has 2 aromatic carbocycles. The van der Waals surface area contributed by atoms with E-state index in [0.717, 1.165) is 0 Å². The predicted octanol–water partition coefficient (Wildman–Crippen LogP) is 6.66. The minimum atomic E-state index is 0.210. The molecule has 0 fully saturated rings. The summed E-state index contributed by atoms with van der Waals surface area (Å²) in [5.74, 6) is 0. The van der Waals surface area contributed by atoms with Crippen molar-refractivity contribution in [3.05, 3.63) is 46.0 Å². The largest absolute Gasteiger partial charge is 0.0651 e. The highest BCUT2D eigenvalue weighted by Gasteiger charge is 2.18. The highest BCUT2D eigenvalue weighted by atomic mass is 14.2. The van der Waals surface area contributed by atoms with Gasteiger partial charge in [-0.15, -0.1) is 0 Å². The lowest BCUT2D eigenvalue weighted by Gasteiger charge is -2.23. The standard InChI is InChI=1S/C22H32/c1-8-10-18-15(3)19(11-9-2)20-13-12-17(22(5,6)7)14-21(20)16(18)4/h12-14H,8-11H2,1-7H3. The van der Waals surface area contributed by atoms with Crippen LogP contribution in [0.15, 0.2) is 18.2 Å². The zero-order chi connectivity index (χ0) is 16.5. The van der Waals surface area contributed by atoms with Crippen LogP contribution in [0.4, 0.5) is 0 Å². The molecule has 0 bridgehead atoms. The molecule has 0 aliphatic carbocycles. The molecule has 0 spiro atoms. The van der Waals surface area contributed by atoms with Crippen LogP contribution >= 0.6 is 0 Å².